The van der Waals surface area contributed by atoms with Crippen molar-refractivity contribution in [2.75, 3.05) is 17.2 Å². The summed E-state index contributed by atoms with van der Waals surface area (Å²) in [5, 5.41) is 1.72. The summed E-state index contributed by atoms with van der Waals surface area (Å²) in [5.41, 5.74) is 1.46. The lowest BCUT2D eigenvalue weighted by atomic mass is 10.0. The number of hydrogen-bond acceptors (Lipinski definition) is 4. The number of hydrogen-bond donors (Lipinski definition) is 0. The minimum atomic E-state index is -0.393. The van der Waals surface area contributed by atoms with Crippen LogP contribution in [0.1, 0.15) is 26.2 Å². The Hall–Kier alpha value is -1.76. The summed E-state index contributed by atoms with van der Waals surface area (Å²) in [4.78, 5) is 20.5. The van der Waals surface area contributed by atoms with Crippen LogP contribution in [0, 0.1) is 5.82 Å². The molecule has 0 bridgehead atoms. The largest absolute Gasteiger partial charge is 0.353 e. The molecule has 0 unspecified atom stereocenters. The quantitative estimate of drug-likeness (QED) is 0.467. The number of piperidine rings is 1. The van der Waals surface area contributed by atoms with Crippen LogP contribution < -0.4 is 10.6 Å². The molecule has 0 saturated carbocycles. The molecular weight excluding hydrogens is 444 g/mol. The first-order valence-corrected chi connectivity index (χ1v) is 11.8. The van der Waals surface area contributed by atoms with Crippen LogP contribution in [0.3, 0.4) is 0 Å². The van der Waals surface area contributed by atoms with Gasteiger partial charge in [0.1, 0.15) is 11.6 Å². The lowest BCUT2D eigenvalue weighted by molar-refractivity contribution is 0.481. The number of rotatable bonds is 2. The highest BCUT2D eigenvalue weighted by molar-refractivity contribution is 7.99. The number of nitrogens with zero attached hydrogens (tertiary/aromatic N) is 3. The van der Waals surface area contributed by atoms with Crippen LogP contribution in [0.2, 0.25) is 10.0 Å². The van der Waals surface area contributed by atoms with E-state index in [4.69, 9.17) is 23.2 Å². The van der Waals surface area contributed by atoms with E-state index in [2.05, 4.69) is 16.8 Å². The SMILES string of the molecule is C[C@H]1CCCCN1c1nc(=O)n2c3c(c(-c4cc(Cl)ccc4F)c(Cl)cc13)SCC2. The molecule has 0 radical (unpaired) electrons. The molecule has 5 rings (SSSR count). The first-order valence-electron chi connectivity index (χ1n) is 10.1. The number of halogens is 3. The Morgan fingerprint density at radius 2 is 2.03 bits per heavy atom. The predicted molar refractivity (Wildman–Crippen MR) is 123 cm³/mol. The van der Waals surface area contributed by atoms with Gasteiger partial charge in [0.15, 0.2) is 0 Å². The van der Waals surface area contributed by atoms with Crippen molar-refractivity contribution < 1.29 is 4.39 Å². The van der Waals surface area contributed by atoms with Crippen molar-refractivity contribution in [2.45, 2.75) is 43.7 Å². The van der Waals surface area contributed by atoms with Gasteiger partial charge in [0.2, 0.25) is 0 Å². The maximum absolute atomic E-state index is 14.8. The van der Waals surface area contributed by atoms with Crippen molar-refractivity contribution >= 4 is 51.7 Å². The standard InChI is InChI=1S/C22H20Cl2FN3OS/c1-12-4-2-3-7-27(12)21-15-11-16(24)18(14-10-13(23)5-6-17(14)25)20-19(15)28(8-9-30-20)22(29)26-21/h5-6,10-12H,2-4,7-9H2,1H3/t12-/m0/s1. The molecule has 1 fully saturated rings. The molecular formula is C22H20Cl2FN3OS. The molecule has 0 N–H and O–H groups in total. The van der Waals surface area contributed by atoms with Gasteiger partial charge in [-0.1, -0.05) is 23.2 Å². The highest BCUT2D eigenvalue weighted by Gasteiger charge is 2.29. The Labute approximate surface area is 188 Å². The molecule has 4 nitrogen and oxygen atoms in total. The Morgan fingerprint density at radius 1 is 1.20 bits per heavy atom. The Morgan fingerprint density at radius 3 is 2.83 bits per heavy atom. The molecule has 30 heavy (non-hydrogen) atoms. The Bertz CT molecular complexity index is 1230. The molecule has 1 atom stereocenters. The third kappa shape index (κ3) is 3.20. The van der Waals surface area contributed by atoms with E-state index in [1.54, 1.807) is 22.4 Å². The second-order valence-corrected chi connectivity index (χ2v) is 9.79. The van der Waals surface area contributed by atoms with E-state index in [9.17, 15) is 9.18 Å². The molecule has 2 aliphatic heterocycles. The topological polar surface area (TPSA) is 38.1 Å². The summed E-state index contributed by atoms with van der Waals surface area (Å²) >= 11 is 14.5. The zero-order chi connectivity index (χ0) is 21.0. The van der Waals surface area contributed by atoms with Gasteiger partial charge in [0.25, 0.3) is 0 Å². The van der Waals surface area contributed by atoms with Crippen LogP contribution in [0.15, 0.2) is 34.0 Å². The van der Waals surface area contributed by atoms with E-state index >= 15 is 0 Å². The van der Waals surface area contributed by atoms with Crippen molar-refractivity contribution in [3.8, 4) is 11.1 Å². The second-order valence-electron chi connectivity index (χ2n) is 7.84. The molecule has 3 heterocycles. The molecule has 1 aromatic heterocycles. The fraction of sp³-hybridized carbons (Fsp3) is 0.364. The monoisotopic (exact) mass is 463 g/mol. The molecule has 8 heteroatoms. The number of benzene rings is 2. The van der Waals surface area contributed by atoms with Gasteiger partial charge in [0, 0.05) is 51.3 Å². The lowest BCUT2D eigenvalue weighted by Gasteiger charge is -2.35. The zero-order valence-electron chi connectivity index (χ0n) is 16.4. The van der Waals surface area contributed by atoms with Crippen LogP contribution in [0.4, 0.5) is 10.2 Å². The summed E-state index contributed by atoms with van der Waals surface area (Å²) in [5.74, 6) is 0.983. The minimum absolute atomic E-state index is 0.267. The number of anilines is 1. The van der Waals surface area contributed by atoms with Crippen molar-refractivity contribution in [3.63, 3.8) is 0 Å². The van der Waals surface area contributed by atoms with Crippen LogP contribution in [0.5, 0.6) is 0 Å². The third-order valence-electron chi connectivity index (χ3n) is 5.98. The van der Waals surface area contributed by atoms with Crippen LogP contribution in [-0.4, -0.2) is 27.9 Å². The van der Waals surface area contributed by atoms with E-state index in [1.807, 2.05) is 6.07 Å². The molecule has 2 aliphatic rings. The Balaban J connectivity index is 1.85. The summed E-state index contributed by atoms with van der Waals surface area (Å²) < 4.78 is 16.5. The van der Waals surface area contributed by atoms with Gasteiger partial charge in [0.05, 0.1) is 10.5 Å². The van der Waals surface area contributed by atoms with Crippen molar-refractivity contribution in [1.29, 1.82) is 0 Å². The van der Waals surface area contributed by atoms with Crippen LogP contribution in [-0.2, 0) is 6.54 Å². The summed E-state index contributed by atoms with van der Waals surface area (Å²) in [7, 11) is 0. The van der Waals surface area contributed by atoms with Crippen LogP contribution >= 0.6 is 35.0 Å². The van der Waals surface area contributed by atoms with Crippen molar-refractivity contribution in [3.05, 3.63) is 50.6 Å². The first-order chi connectivity index (χ1) is 14.5. The second kappa shape index (κ2) is 7.74. The number of aromatic nitrogens is 2. The van der Waals surface area contributed by atoms with Gasteiger partial charge in [-0.05, 0) is 50.5 Å². The zero-order valence-corrected chi connectivity index (χ0v) is 18.7. The van der Waals surface area contributed by atoms with E-state index < -0.39 is 5.82 Å². The smallest absolute Gasteiger partial charge is 0.350 e. The average molecular weight is 464 g/mol. The van der Waals surface area contributed by atoms with Crippen molar-refractivity contribution in [1.82, 2.24) is 9.55 Å². The predicted octanol–water partition coefficient (Wildman–Crippen LogP) is 5.99. The van der Waals surface area contributed by atoms with E-state index in [1.165, 1.54) is 18.6 Å². The van der Waals surface area contributed by atoms with Crippen LogP contribution in [0.25, 0.3) is 22.0 Å². The fourth-order valence-corrected chi connectivity index (χ4v) is 6.25. The number of aryl methyl sites for hydroxylation is 1. The number of thioether (sulfide) groups is 1. The Kier molecular flexibility index (Phi) is 5.20. The average Bonchev–Trinajstić information content (AvgIpc) is 2.73. The molecule has 0 spiro atoms. The molecule has 1 saturated heterocycles. The summed E-state index contributed by atoms with van der Waals surface area (Å²) in [6, 6.07) is 6.59. The molecule has 0 amide bonds. The van der Waals surface area contributed by atoms with Gasteiger partial charge in [-0.15, -0.1) is 11.8 Å². The fourth-order valence-electron chi connectivity index (χ4n) is 4.52. The van der Waals surface area contributed by atoms with Gasteiger partial charge >= 0.3 is 5.69 Å². The molecule has 156 valence electrons. The highest BCUT2D eigenvalue weighted by Crippen LogP contribution is 2.46. The summed E-state index contributed by atoms with van der Waals surface area (Å²) in [6.45, 7) is 3.59. The van der Waals surface area contributed by atoms with Gasteiger partial charge < -0.3 is 4.90 Å². The summed E-state index contributed by atoms with van der Waals surface area (Å²) in [6.07, 6.45) is 3.30. The maximum atomic E-state index is 14.8. The first kappa shape index (κ1) is 20.2. The molecule has 0 aliphatic carbocycles. The molecule has 3 aromatic rings. The normalized spacial score (nSPS) is 18.8. The van der Waals surface area contributed by atoms with E-state index in [0.717, 1.165) is 35.2 Å². The minimum Gasteiger partial charge on any atom is -0.353 e. The van der Waals surface area contributed by atoms with Gasteiger partial charge in [-0.25, -0.2) is 9.18 Å². The van der Waals surface area contributed by atoms with Gasteiger partial charge in [-0.3, -0.25) is 4.57 Å². The highest BCUT2D eigenvalue weighted by atomic mass is 35.5. The van der Waals surface area contributed by atoms with Gasteiger partial charge in [-0.2, -0.15) is 4.98 Å². The lowest BCUT2D eigenvalue weighted by Crippen LogP contribution is -2.40. The molecule has 2 aromatic carbocycles. The van der Waals surface area contributed by atoms with E-state index in [-0.39, 0.29) is 5.69 Å². The van der Waals surface area contributed by atoms with E-state index in [0.29, 0.717) is 45.3 Å². The third-order valence-corrected chi connectivity index (χ3v) is 7.59. The maximum Gasteiger partial charge on any atom is 0.350 e. The van der Waals surface area contributed by atoms with Crippen molar-refractivity contribution in [2.24, 2.45) is 0 Å².